The minimum absolute atomic E-state index is 0. The van der Waals surface area contributed by atoms with Gasteiger partial charge in [0, 0.05) is 0 Å². The molecule has 0 saturated carbocycles. The van der Waals surface area contributed by atoms with Gasteiger partial charge in [-0.3, -0.25) is 9.12 Å². The Morgan fingerprint density at radius 1 is 1.19 bits per heavy atom. The van der Waals surface area contributed by atoms with Crippen molar-refractivity contribution in [3.8, 4) is 0 Å². The first-order valence-corrected chi connectivity index (χ1v) is 10.9. The standard InChI is InChI=1S/C16H25O6PS.3K.3H/c1-13(11-12-15-9-5-4-8-14(15)2)7-3-6-10-16(23(17,18)19)24(20,21)22;;;;;;/h4-5,7-9,16H,3,6,10-12H2,1-2H3,(H2,17,18,19)(H,20,21,22);;;;;;/b13-7+;;;;;;. The Kier molecular flexibility index (Phi) is 22.9. The molecule has 0 aromatic heterocycles. The third-order valence-corrected chi connectivity index (χ3v) is 7.47. The van der Waals surface area contributed by atoms with Gasteiger partial charge >= 0.3 is 162 Å². The van der Waals surface area contributed by atoms with E-state index in [9.17, 15) is 13.0 Å². The normalized spacial score (nSPS) is 13.0. The third kappa shape index (κ3) is 15.4. The third-order valence-electron chi connectivity index (χ3n) is 3.92. The van der Waals surface area contributed by atoms with Gasteiger partial charge in [-0.25, -0.2) is 0 Å². The van der Waals surface area contributed by atoms with Crippen LogP contribution in [0.25, 0.3) is 0 Å². The molecule has 0 fully saturated rings. The summed E-state index contributed by atoms with van der Waals surface area (Å²) in [6.45, 7) is 4.04. The zero-order chi connectivity index (χ0) is 18.4. The molecule has 1 aromatic carbocycles. The van der Waals surface area contributed by atoms with E-state index in [1.165, 1.54) is 11.1 Å². The molecule has 0 spiro atoms. The van der Waals surface area contributed by atoms with Crippen molar-refractivity contribution in [1.29, 1.82) is 0 Å². The van der Waals surface area contributed by atoms with Crippen molar-refractivity contribution in [1.82, 2.24) is 0 Å². The van der Waals surface area contributed by atoms with Crippen LogP contribution >= 0.6 is 7.60 Å². The Labute approximate surface area is 290 Å². The molecular formula is C16H28K3O6PS. The maximum absolute atomic E-state index is 11.1. The number of allylic oxidation sites excluding steroid dienone is 2. The molecule has 6 nitrogen and oxygen atoms in total. The van der Waals surface area contributed by atoms with Gasteiger partial charge < -0.3 is 9.79 Å². The van der Waals surface area contributed by atoms with Crippen molar-refractivity contribution in [3.63, 3.8) is 0 Å². The Bertz CT molecular complexity index is 733. The van der Waals surface area contributed by atoms with Crippen LogP contribution in [-0.4, -0.2) is 182 Å². The van der Waals surface area contributed by atoms with Gasteiger partial charge in [-0.15, -0.1) is 0 Å². The fraction of sp³-hybridized carbons (Fsp3) is 0.500. The molecule has 0 bridgehead atoms. The summed E-state index contributed by atoms with van der Waals surface area (Å²) < 4.78 is 42.2. The van der Waals surface area contributed by atoms with Gasteiger partial charge in [0.15, 0.2) is 4.99 Å². The molecule has 142 valence electrons. The second kappa shape index (κ2) is 17.4. The molecule has 0 saturated heterocycles. The summed E-state index contributed by atoms with van der Waals surface area (Å²) in [4.78, 5) is 16.0. The van der Waals surface area contributed by atoms with E-state index in [1.807, 2.05) is 25.1 Å². The van der Waals surface area contributed by atoms with E-state index in [-0.39, 0.29) is 167 Å². The Hall–Kier alpha value is 3.93. The fourth-order valence-corrected chi connectivity index (χ4v) is 4.83. The molecule has 3 N–H and O–H groups in total. The maximum atomic E-state index is 11.1. The van der Waals surface area contributed by atoms with Crippen LogP contribution in [0.2, 0.25) is 0 Å². The molecule has 11 heteroatoms. The Morgan fingerprint density at radius 3 is 2.22 bits per heavy atom. The zero-order valence-corrected chi connectivity index (χ0v) is 15.6. The van der Waals surface area contributed by atoms with Gasteiger partial charge in [0.25, 0.3) is 10.1 Å². The van der Waals surface area contributed by atoms with Crippen molar-refractivity contribution in [2.75, 3.05) is 0 Å². The van der Waals surface area contributed by atoms with E-state index < -0.39 is 22.7 Å². The van der Waals surface area contributed by atoms with Crippen molar-refractivity contribution in [2.24, 2.45) is 0 Å². The topological polar surface area (TPSA) is 112 Å². The minimum atomic E-state index is -4.88. The summed E-state index contributed by atoms with van der Waals surface area (Å²) in [6.07, 6.45) is 4.22. The van der Waals surface area contributed by atoms with E-state index in [2.05, 4.69) is 19.1 Å². The molecule has 0 aliphatic rings. The predicted octanol–water partition coefficient (Wildman–Crippen LogP) is 1.49. The first-order chi connectivity index (χ1) is 11.0. The first-order valence-electron chi connectivity index (χ1n) is 7.73. The average Bonchev–Trinajstić information content (AvgIpc) is 2.43. The SMILES string of the molecule is C/C(=C\CCCC(P(=O)(O)O)S(=O)(=O)O)CCc1ccccc1C.[KH].[KH].[KH]. The number of hydrogen-bond donors (Lipinski definition) is 3. The molecule has 1 rings (SSSR count). The molecule has 27 heavy (non-hydrogen) atoms. The van der Waals surface area contributed by atoms with Crippen molar-refractivity contribution in [3.05, 3.63) is 47.0 Å². The van der Waals surface area contributed by atoms with Gasteiger partial charge in [0.2, 0.25) is 0 Å². The van der Waals surface area contributed by atoms with E-state index in [1.54, 1.807) is 0 Å². The number of unbranched alkanes of at least 4 members (excludes halogenated alkanes) is 1. The van der Waals surface area contributed by atoms with Gasteiger partial charge in [-0.1, -0.05) is 35.9 Å². The summed E-state index contributed by atoms with van der Waals surface area (Å²) in [6, 6.07) is 8.14. The summed E-state index contributed by atoms with van der Waals surface area (Å²) in [5.41, 5.74) is 3.65. The van der Waals surface area contributed by atoms with Crippen LogP contribution in [-0.2, 0) is 21.1 Å². The van der Waals surface area contributed by atoms with Crippen molar-refractivity contribution < 1.29 is 27.3 Å². The van der Waals surface area contributed by atoms with Gasteiger partial charge in [0.05, 0.1) is 0 Å². The van der Waals surface area contributed by atoms with Crippen LogP contribution < -0.4 is 0 Å². The van der Waals surface area contributed by atoms with E-state index in [4.69, 9.17) is 14.3 Å². The van der Waals surface area contributed by atoms with E-state index in [0.29, 0.717) is 6.42 Å². The molecule has 1 aromatic rings. The Balaban J connectivity index is -0.00000192. The quantitative estimate of drug-likeness (QED) is 0.157. The molecule has 0 aliphatic heterocycles. The second-order valence-electron chi connectivity index (χ2n) is 5.97. The molecule has 1 unspecified atom stereocenters. The van der Waals surface area contributed by atoms with Gasteiger partial charge in [0.1, 0.15) is 0 Å². The number of benzene rings is 1. The van der Waals surface area contributed by atoms with Crippen LogP contribution in [0.5, 0.6) is 0 Å². The van der Waals surface area contributed by atoms with Crippen LogP contribution in [0.3, 0.4) is 0 Å². The Morgan fingerprint density at radius 2 is 1.74 bits per heavy atom. The molecule has 0 amide bonds. The predicted molar refractivity (Wildman–Crippen MR) is 116 cm³/mol. The number of aryl methyl sites for hydroxylation is 2. The zero-order valence-electron chi connectivity index (χ0n) is 13.9. The summed E-state index contributed by atoms with van der Waals surface area (Å²) in [7, 11) is -9.64. The van der Waals surface area contributed by atoms with Gasteiger partial charge in [-0.2, -0.15) is 8.42 Å². The molecule has 0 radical (unpaired) electrons. The van der Waals surface area contributed by atoms with Gasteiger partial charge in [-0.05, 0) is 57.1 Å². The van der Waals surface area contributed by atoms with Crippen LogP contribution in [0, 0.1) is 6.92 Å². The molecule has 1 atom stereocenters. The average molecular weight is 497 g/mol. The molecule has 0 aliphatic carbocycles. The molecular weight excluding hydrogens is 469 g/mol. The van der Waals surface area contributed by atoms with E-state index in [0.717, 1.165) is 18.4 Å². The van der Waals surface area contributed by atoms with Crippen LogP contribution in [0.15, 0.2) is 35.9 Å². The monoisotopic (exact) mass is 496 g/mol. The van der Waals surface area contributed by atoms with Crippen molar-refractivity contribution >= 4 is 172 Å². The van der Waals surface area contributed by atoms with Crippen LogP contribution in [0.4, 0.5) is 0 Å². The van der Waals surface area contributed by atoms with E-state index >= 15 is 0 Å². The van der Waals surface area contributed by atoms with Crippen molar-refractivity contribution in [2.45, 2.75) is 50.9 Å². The second-order valence-corrected chi connectivity index (χ2v) is 9.72. The fourth-order valence-electron chi connectivity index (χ4n) is 2.46. The van der Waals surface area contributed by atoms with Crippen LogP contribution in [0.1, 0.15) is 43.7 Å². The summed E-state index contributed by atoms with van der Waals surface area (Å²) in [5.74, 6) is 0. The summed E-state index contributed by atoms with van der Waals surface area (Å²) in [5, 5.41) is 0. The molecule has 0 heterocycles. The number of hydrogen-bond acceptors (Lipinski definition) is 3. The first kappa shape index (κ1) is 35.5. The summed E-state index contributed by atoms with van der Waals surface area (Å²) >= 11 is 0. The number of rotatable bonds is 9.